The maximum Gasteiger partial charge on any atom is 0.326 e. The standard InChI is InChI=1S/C13H15BrN2O3/c1-8-3-2-6-16(11(8)13(18)19)12(17)9-4-5-15-10(14)7-9/h4-5,7-8,11H,2-3,6H2,1H3,(H,18,19). The molecule has 102 valence electrons. The number of rotatable bonds is 2. The predicted octanol–water partition coefficient (Wildman–Crippen LogP) is 2.17. The number of halogens is 1. The number of carboxylic acids is 1. The SMILES string of the molecule is CC1CCCN(C(=O)c2ccnc(Br)c2)C1C(=O)O. The van der Waals surface area contributed by atoms with Gasteiger partial charge in [-0.3, -0.25) is 4.79 Å². The lowest BCUT2D eigenvalue weighted by atomic mass is 9.90. The van der Waals surface area contributed by atoms with Crippen molar-refractivity contribution in [3.8, 4) is 0 Å². The molecule has 0 aliphatic carbocycles. The van der Waals surface area contributed by atoms with Crippen LogP contribution in [-0.2, 0) is 4.79 Å². The molecule has 0 aromatic carbocycles. The molecule has 1 amide bonds. The topological polar surface area (TPSA) is 70.5 Å². The van der Waals surface area contributed by atoms with Gasteiger partial charge in [-0.1, -0.05) is 6.92 Å². The molecule has 2 rings (SSSR count). The highest BCUT2D eigenvalue weighted by Crippen LogP contribution is 2.25. The first-order valence-corrected chi connectivity index (χ1v) is 6.95. The van der Waals surface area contributed by atoms with E-state index in [9.17, 15) is 14.7 Å². The Morgan fingerprint density at radius 1 is 1.53 bits per heavy atom. The van der Waals surface area contributed by atoms with Crippen molar-refractivity contribution >= 4 is 27.8 Å². The van der Waals surface area contributed by atoms with Crippen molar-refractivity contribution in [1.29, 1.82) is 0 Å². The van der Waals surface area contributed by atoms with E-state index in [1.807, 2.05) is 6.92 Å². The summed E-state index contributed by atoms with van der Waals surface area (Å²) >= 11 is 3.21. The third-order valence-corrected chi connectivity index (χ3v) is 3.85. The number of aromatic nitrogens is 1. The van der Waals surface area contributed by atoms with Gasteiger partial charge < -0.3 is 10.0 Å². The third kappa shape index (κ3) is 2.94. The zero-order valence-corrected chi connectivity index (χ0v) is 12.1. The van der Waals surface area contributed by atoms with E-state index in [0.717, 1.165) is 12.8 Å². The quantitative estimate of drug-likeness (QED) is 0.845. The molecule has 1 N–H and O–H groups in total. The van der Waals surface area contributed by atoms with E-state index in [4.69, 9.17) is 0 Å². The molecule has 6 heteroatoms. The Morgan fingerprint density at radius 3 is 2.89 bits per heavy atom. The average Bonchev–Trinajstić information content (AvgIpc) is 2.37. The van der Waals surface area contributed by atoms with E-state index in [0.29, 0.717) is 16.7 Å². The fourth-order valence-electron chi connectivity index (χ4n) is 2.49. The van der Waals surface area contributed by atoms with Crippen LogP contribution < -0.4 is 0 Å². The van der Waals surface area contributed by atoms with Crippen LogP contribution in [-0.4, -0.2) is 39.5 Å². The summed E-state index contributed by atoms with van der Waals surface area (Å²) in [6.45, 7) is 2.36. The van der Waals surface area contributed by atoms with Crippen LogP contribution in [0.3, 0.4) is 0 Å². The number of carboxylic acid groups (broad SMARTS) is 1. The Hall–Kier alpha value is -1.43. The highest BCUT2D eigenvalue weighted by atomic mass is 79.9. The molecule has 1 aromatic rings. The molecular formula is C13H15BrN2O3. The number of aliphatic carboxylic acids is 1. The van der Waals surface area contributed by atoms with E-state index in [1.54, 1.807) is 12.1 Å². The minimum Gasteiger partial charge on any atom is -0.480 e. The molecule has 0 bridgehead atoms. The Morgan fingerprint density at radius 2 is 2.26 bits per heavy atom. The Labute approximate surface area is 119 Å². The van der Waals surface area contributed by atoms with Crippen LogP contribution in [0.2, 0.25) is 0 Å². The van der Waals surface area contributed by atoms with Crippen molar-refractivity contribution in [3.63, 3.8) is 0 Å². The van der Waals surface area contributed by atoms with Gasteiger partial charge in [0.15, 0.2) is 0 Å². The maximum absolute atomic E-state index is 12.4. The van der Waals surface area contributed by atoms with Crippen LogP contribution >= 0.6 is 15.9 Å². The van der Waals surface area contributed by atoms with Crippen LogP contribution in [0.15, 0.2) is 22.9 Å². The fourth-order valence-corrected chi connectivity index (χ4v) is 2.86. The molecule has 2 unspecified atom stereocenters. The minimum atomic E-state index is -0.936. The van der Waals surface area contributed by atoms with Gasteiger partial charge in [0.1, 0.15) is 10.6 Å². The summed E-state index contributed by atoms with van der Waals surface area (Å²) < 4.78 is 0.565. The lowest BCUT2D eigenvalue weighted by Crippen LogP contribution is -2.51. The first-order valence-electron chi connectivity index (χ1n) is 6.16. The van der Waals surface area contributed by atoms with E-state index < -0.39 is 12.0 Å². The summed E-state index contributed by atoms with van der Waals surface area (Å²) in [6, 6.07) is 2.47. The van der Waals surface area contributed by atoms with Gasteiger partial charge in [-0.05, 0) is 46.8 Å². The molecule has 0 saturated carbocycles. The fraction of sp³-hybridized carbons (Fsp3) is 0.462. The molecule has 0 radical (unpaired) electrons. The number of pyridine rings is 1. The molecule has 1 fully saturated rings. The largest absolute Gasteiger partial charge is 0.480 e. The second-order valence-electron chi connectivity index (χ2n) is 4.77. The number of carbonyl (C=O) groups is 2. The molecule has 1 aliphatic heterocycles. The zero-order valence-electron chi connectivity index (χ0n) is 10.5. The van der Waals surface area contributed by atoms with Gasteiger partial charge in [0, 0.05) is 18.3 Å². The molecule has 1 aromatic heterocycles. The van der Waals surface area contributed by atoms with Crippen LogP contribution in [0.4, 0.5) is 0 Å². The second kappa shape index (κ2) is 5.69. The van der Waals surface area contributed by atoms with E-state index >= 15 is 0 Å². The second-order valence-corrected chi connectivity index (χ2v) is 5.58. The van der Waals surface area contributed by atoms with Crippen molar-refractivity contribution in [2.75, 3.05) is 6.54 Å². The van der Waals surface area contributed by atoms with Crippen LogP contribution in [0.25, 0.3) is 0 Å². The van der Waals surface area contributed by atoms with Crippen LogP contribution in [0, 0.1) is 5.92 Å². The first kappa shape index (κ1) is 14.0. The lowest BCUT2D eigenvalue weighted by Gasteiger charge is -2.37. The number of piperidine rings is 1. The van der Waals surface area contributed by atoms with Gasteiger partial charge in [0.25, 0.3) is 5.91 Å². The van der Waals surface area contributed by atoms with Gasteiger partial charge in [0.05, 0.1) is 0 Å². The van der Waals surface area contributed by atoms with Crippen molar-refractivity contribution < 1.29 is 14.7 Å². The van der Waals surface area contributed by atoms with Crippen LogP contribution in [0.5, 0.6) is 0 Å². The molecular weight excluding hydrogens is 312 g/mol. The van der Waals surface area contributed by atoms with Gasteiger partial charge in [-0.15, -0.1) is 0 Å². The van der Waals surface area contributed by atoms with Crippen molar-refractivity contribution in [3.05, 3.63) is 28.5 Å². The summed E-state index contributed by atoms with van der Waals surface area (Å²) in [5, 5.41) is 9.31. The number of hydrogen-bond acceptors (Lipinski definition) is 3. The van der Waals surface area contributed by atoms with Crippen molar-refractivity contribution in [2.45, 2.75) is 25.8 Å². The summed E-state index contributed by atoms with van der Waals surface area (Å²) in [5.41, 5.74) is 0.460. The number of carbonyl (C=O) groups excluding carboxylic acids is 1. The van der Waals surface area contributed by atoms with Gasteiger partial charge in [-0.2, -0.15) is 0 Å². The molecule has 5 nitrogen and oxygen atoms in total. The average molecular weight is 327 g/mol. The number of nitrogens with zero attached hydrogens (tertiary/aromatic N) is 2. The van der Waals surface area contributed by atoms with Crippen molar-refractivity contribution in [2.24, 2.45) is 5.92 Å². The van der Waals surface area contributed by atoms with Crippen molar-refractivity contribution in [1.82, 2.24) is 9.88 Å². The molecule has 2 heterocycles. The normalized spacial score (nSPS) is 23.2. The monoisotopic (exact) mass is 326 g/mol. The highest BCUT2D eigenvalue weighted by Gasteiger charge is 2.37. The molecule has 1 aliphatic rings. The zero-order chi connectivity index (χ0) is 14.0. The summed E-state index contributed by atoms with van der Waals surface area (Å²) in [7, 11) is 0. The maximum atomic E-state index is 12.4. The Bertz CT molecular complexity index is 506. The van der Waals surface area contributed by atoms with E-state index in [-0.39, 0.29) is 11.8 Å². The molecule has 0 spiro atoms. The highest BCUT2D eigenvalue weighted by molar-refractivity contribution is 9.10. The number of likely N-dealkylation sites (tertiary alicyclic amines) is 1. The first-order chi connectivity index (χ1) is 9.00. The number of hydrogen-bond donors (Lipinski definition) is 1. The van der Waals surface area contributed by atoms with Gasteiger partial charge >= 0.3 is 5.97 Å². The van der Waals surface area contributed by atoms with Crippen LogP contribution in [0.1, 0.15) is 30.1 Å². The van der Waals surface area contributed by atoms with Gasteiger partial charge in [0.2, 0.25) is 0 Å². The summed E-state index contributed by atoms with van der Waals surface area (Å²) in [5.74, 6) is -1.21. The predicted molar refractivity (Wildman–Crippen MR) is 72.8 cm³/mol. The smallest absolute Gasteiger partial charge is 0.326 e. The lowest BCUT2D eigenvalue weighted by molar-refractivity contribution is -0.145. The summed E-state index contributed by atoms with van der Waals surface area (Å²) in [4.78, 5) is 29.2. The Balaban J connectivity index is 2.28. The van der Waals surface area contributed by atoms with E-state index in [2.05, 4.69) is 20.9 Å². The van der Waals surface area contributed by atoms with E-state index in [1.165, 1.54) is 11.1 Å². The minimum absolute atomic E-state index is 0.0273. The Kier molecular flexibility index (Phi) is 4.19. The molecule has 19 heavy (non-hydrogen) atoms. The molecule has 1 saturated heterocycles. The summed E-state index contributed by atoms with van der Waals surface area (Å²) in [6.07, 6.45) is 3.20. The molecule has 2 atom stereocenters. The third-order valence-electron chi connectivity index (χ3n) is 3.42. The number of amides is 1. The van der Waals surface area contributed by atoms with Gasteiger partial charge in [-0.25, -0.2) is 9.78 Å².